The molecule has 0 spiro atoms. The van der Waals surface area contributed by atoms with Gasteiger partial charge in [-0.3, -0.25) is 0 Å². The fraction of sp³-hybridized carbons (Fsp3) is 0.688. The van der Waals surface area contributed by atoms with E-state index in [0.717, 1.165) is 11.4 Å². The Morgan fingerprint density at radius 1 is 1.38 bits per heavy atom. The fourth-order valence-corrected chi connectivity index (χ4v) is 8.49. The molecular weight excluding hydrogens is 441 g/mol. The Morgan fingerprint density at radius 2 is 2.07 bits per heavy atom. The molecule has 2 aromatic rings. The molecular formula is C16H23ClN5O5PS. The molecule has 10 nitrogen and oxygen atoms in total. The smallest absolute Gasteiger partial charge is 0.389 e. The lowest BCUT2D eigenvalue weighted by Gasteiger charge is -2.25. The van der Waals surface area contributed by atoms with E-state index in [2.05, 4.69) is 15.0 Å². The monoisotopic (exact) mass is 463 g/mol. The molecule has 2 aliphatic rings. The van der Waals surface area contributed by atoms with Crippen molar-refractivity contribution < 1.29 is 23.8 Å². The molecule has 4 rings (SSSR count). The van der Waals surface area contributed by atoms with E-state index in [9.17, 15) is 14.8 Å². The zero-order valence-corrected chi connectivity index (χ0v) is 18.4. The van der Waals surface area contributed by atoms with Gasteiger partial charge in [0.1, 0.15) is 11.6 Å². The first-order valence-corrected chi connectivity index (χ1v) is 12.8. The van der Waals surface area contributed by atoms with Crippen LogP contribution in [0.1, 0.15) is 26.3 Å². The van der Waals surface area contributed by atoms with Crippen LogP contribution in [0.25, 0.3) is 11.2 Å². The number of nitrogens with two attached hydrogens (primary N) is 1. The van der Waals surface area contributed by atoms with Gasteiger partial charge >= 0.3 is 6.80 Å². The number of hydrogen-bond acceptors (Lipinski definition) is 10. The van der Waals surface area contributed by atoms with Crippen molar-refractivity contribution in [2.45, 2.75) is 38.5 Å². The van der Waals surface area contributed by atoms with Gasteiger partial charge < -0.3 is 29.6 Å². The summed E-state index contributed by atoms with van der Waals surface area (Å²) in [5, 5.41) is 21.6. The largest absolute Gasteiger partial charge is 0.390 e. The number of rotatable bonds is 8. The van der Waals surface area contributed by atoms with E-state index in [1.165, 1.54) is 6.33 Å². The van der Waals surface area contributed by atoms with Crippen LogP contribution in [0.3, 0.4) is 0 Å². The molecule has 0 amide bonds. The number of aliphatic hydroxyl groups is 2. The summed E-state index contributed by atoms with van der Waals surface area (Å²) in [6.07, 6.45) is 0.156. The SMILES string of the molecule is CCOP(=O)(OCC)SC[C@]12C[C@@H]1[C@@H](n1cnc3c(N)nc(Cl)nc31)[C@H](O)[C@@H]2O. The van der Waals surface area contributed by atoms with Crippen molar-refractivity contribution in [2.75, 3.05) is 24.7 Å². The minimum absolute atomic E-state index is 0.0169. The third-order valence-corrected chi connectivity index (χ3v) is 9.93. The molecule has 2 aliphatic carbocycles. The first kappa shape index (κ1) is 21.3. The maximum atomic E-state index is 12.8. The van der Waals surface area contributed by atoms with E-state index >= 15 is 0 Å². The molecule has 160 valence electrons. The van der Waals surface area contributed by atoms with Crippen LogP contribution in [0, 0.1) is 11.3 Å². The van der Waals surface area contributed by atoms with E-state index in [-0.39, 0.29) is 30.2 Å². The highest BCUT2D eigenvalue weighted by Crippen LogP contribution is 2.72. The third kappa shape index (κ3) is 3.46. The summed E-state index contributed by atoms with van der Waals surface area (Å²) in [5.74, 6) is 0.441. The van der Waals surface area contributed by atoms with Gasteiger partial charge in [0.25, 0.3) is 0 Å². The lowest BCUT2D eigenvalue weighted by molar-refractivity contribution is -0.0126. The van der Waals surface area contributed by atoms with Crippen LogP contribution in [0.15, 0.2) is 6.33 Å². The van der Waals surface area contributed by atoms with Gasteiger partial charge in [-0.2, -0.15) is 9.97 Å². The van der Waals surface area contributed by atoms with Gasteiger partial charge in [-0.25, -0.2) is 9.55 Å². The number of nitrogen functional groups attached to an aromatic ring is 1. The van der Waals surface area contributed by atoms with Crippen LogP contribution in [0.2, 0.25) is 5.28 Å². The van der Waals surface area contributed by atoms with Gasteiger partial charge in [0.05, 0.1) is 31.7 Å². The predicted octanol–water partition coefficient (Wildman–Crippen LogP) is 2.26. The highest BCUT2D eigenvalue weighted by molar-refractivity contribution is 8.55. The van der Waals surface area contributed by atoms with Crippen molar-refractivity contribution in [3.05, 3.63) is 11.6 Å². The summed E-state index contributed by atoms with van der Waals surface area (Å²) in [4.78, 5) is 12.3. The van der Waals surface area contributed by atoms with Crippen molar-refractivity contribution in [2.24, 2.45) is 11.3 Å². The third-order valence-electron chi connectivity index (χ3n) is 5.66. The Hall–Kier alpha value is -0.940. The number of aliphatic hydroxyl groups excluding tert-OH is 2. The molecule has 2 saturated carbocycles. The number of imidazole rings is 1. The van der Waals surface area contributed by atoms with Crippen LogP contribution in [0.4, 0.5) is 5.82 Å². The van der Waals surface area contributed by atoms with Crippen LogP contribution in [-0.4, -0.2) is 60.9 Å². The standard InChI is InChI=1S/C16H23ClN5O5PS/c1-3-26-28(25,27-4-2)29-6-16-5-8(16)10(11(23)12(16)24)22-7-19-9-13(18)20-15(17)21-14(9)22/h7-8,10-12,23-24H,3-6H2,1-2H3,(H2,18,20,21)/t8-,10-,11+,12+,16-/m1/s1. The van der Waals surface area contributed by atoms with Crippen molar-refractivity contribution in [1.29, 1.82) is 0 Å². The fourth-order valence-electron chi connectivity index (χ4n) is 4.28. The average molecular weight is 464 g/mol. The van der Waals surface area contributed by atoms with Crippen LogP contribution < -0.4 is 5.73 Å². The molecule has 2 fully saturated rings. The number of aromatic nitrogens is 4. The number of nitrogens with zero attached hydrogens (tertiary/aromatic N) is 4. The minimum Gasteiger partial charge on any atom is -0.390 e. The molecule has 0 radical (unpaired) electrons. The molecule has 2 heterocycles. The molecule has 0 aromatic carbocycles. The molecule has 0 aliphatic heterocycles. The normalized spacial score (nSPS) is 31.3. The van der Waals surface area contributed by atoms with Crippen LogP contribution in [0.5, 0.6) is 0 Å². The van der Waals surface area contributed by atoms with E-state index in [1.54, 1.807) is 18.4 Å². The number of halogens is 1. The number of hydrogen-bond donors (Lipinski definition) is 3. The predicted molar refractivity (Wildman–Crippen MR) is 110 cm³/mol. The maximum Gasteiger partial charge on any atom is 0.389 e. The summed E-state index contributed by atoms with van der Waals surface area (Å²) in [6.45, 7) is 0.702. The second kappa shape index (κ2) is 7.64. The molecule has 29 heavy (non-hydrogen) atoms. The molecule has 2 aromatic heterocycles. The zero-order chi connectivity index (χ0) is 21.0. The summed E-state index contributed by atoms with van der Waals surface area (Å²) in [5.41, 5.74) is 6.08. The summed E-state index contributed by atoms with van der Waals surface area (Å²) >= 11 is 7.01. The quantitative estimate of drug-likeness (QED) is 0.393. The topological polar surface area (TPSA) is 146 Å². The van der Waals surface area contributed by atoms with Gasteiger partial charge in [0.15, 0.2) is 11.5 Å². The molecule has 13 heteroatoms. The highest BCUT2D eigenvalue weighted by Gasteiger charge is 2.71. The molecule has 4 N–H and O–H groups in total. The van der Waals surface area contributed by atoms with Crippen molar-refractivity contribution in [3.63, 3.8) is 0 Å². The first-order chi connectivity index (χ1) is 13.8. The summed E-state index contributed by atoms with van der Waals surface area (Å²) in [6, 6.07) is -0.459. The van der Waals surface area contributed by atoms with E-state index in [1.807, 2.05) is 0 Å². The lowest BCUT2D eigenvalue weighted by Crippen LogP contribution is -2.35. The van der Waals surface area contributed by atoms with Crippen LogP contribution in [-0.2, 0) is 13.6 Å². The first-order valence-electron chi connectivity index (χ1n) is 9.31. The maximum absolute atomic E-state index is 12.8. The molecule has 5 atom stereocenters. The van der Waals surface area contributed by atoms with Gasteiger partial charge in [-0.15, -0.1) is 0 Å². The highest BCUT2D eigenvalue weighted by atomic mass is 35.5. The Bertz CT molecular complexity index is 969. The van der Waals surface area contributed by atoms with E-state index in [4.69, 9.17) is 26.4 Å². The Morgan fingerprint density at radius 3 is 2.72 bits per heavy atom. The minimum atomic E-state index is -3.32. The molecule has 0 unspecified atom stereocenters. The summed E-state index contributed by atoms with van der Waals surface area (Å²) < 4.78 is 25.1. The Kier molecular flexibility index (Phi) is 5.61. The molecule has 0 saturated heterocycles. The van der Waals surface area contributed by atoms with Crippen molar-refractivity contribution in [3.8, 4) is 0 Å². The summed E-state index contributed by atoms with van der Waals surface area (Å²) in [7, 11) is 0. The Balaban J connectivity index is 1.60. The van der Waals surface area contributed by atoms with Gasteiger partial charge in [-0.05, 0) is 49.2 Å². The second-order valence-electron chi connectivity index (χ2n) is 7.23. The van der Waals surface area contributed by atoms with E-state index < -0.39 is 30.5 Å². The lowest BCUT2D eigenvalue weighted by atomic mass is 10.0. The van der Waals surface area contributed by atoms with Crippen molar-refractivity contribution >= 4 is 46.8 Å². The van der Waals surface area contributed by atoms with Gasteiger partial charge in [0.2, 0.25) is 5.28 Å². The van der Waals surface area contributed by atoms with Gasteiger partial charge in [-0.1, -0.05) is 0 Å². The second-order valence-corrected chi connectivity index (χ2v) is 11.6. The number of anilines is 1. The van der Waals surface area contributed by atoms with Crippen molar-refractivity contribution in [1.82, 2.24) is 19.5 Å². The molecule has 0 bridgehead atoms. The van der Waals surface area contributed by atoms with E-state index in [0.29, 0.717) is 23.3 Å². The zero-order valence-electron chi connectivity index (χ0n) is 15.9. The van der Waals surface area contributed by atoms with Crippen LogP contribution >= 0.6 is 29.8 Å². The Labute approximate surface area is 176 Å². The van der Waals surface area contributed by atoms with Gasteiger partial charge in [0, 0.05) is 11.2 Å². The number of fused-ring (bicyclic) bond motifs is 2. The average Bonchev–Trinajstić information content (AvgIpc) is 3.16.